The van der Waals surface area contributed by atoms with Gasteiger partial charge in [0.15, 0.2) is 5.69 Å². The topological polar surface area (TPSA) is 25.8 Å². The van der Waals surface area contributed by atoms with Gasteiger partial charge < -0.3 is 0 Å². The van der Waals surface area contributed by atoms with Gasteiger partial charge in [-0.05, 0) is 40.2 Å². The van der Waals surface area contributed by atoms with Gasteiger partial charge in [0.05, 0.1) is 0 Å². The van der Waals surface area contributed by atoms with E-state index >= 15 is 0 Å². The van der Waals surface area contributed by atoms with Crippen LogP contribution in [0.1, 0.15) is 5.69 Å². The van der Waals surface area contributed by atoms with Crippen molar-refractivity contribution in [3.63, 3.8) is 0 Å². The van der Waals surface area contributed by atoms with Crippen LogP contribution in [0.15, 0.2) is 51.1 Å². The number of halogens is 4. The summed E-state index contributed by atoms with van der Waals surface area (Å²) in [5, 5.41) is 0.483. The van der Waals surface area contributed by atoms with Crippen molar-refractivity contribution in [2.24, 2.45) is 0 Å². The number of hydrogen-bond acceptors (Lipinski definition) is 3. The molecule has 0 spiro atoms. The third kappa shape index (κ3) is 3.23. The number of hydrogen-bond donors (Lipinski definition) is 0. The van der Waals surface area contributed by atoms with Crippen LogP contribution in [0.25, 0.3) is 0 Å². The van der Waals surface area contributed by atoms with Crippen LogP contribution >= 0.6 is 27.7 Å². The van der Waals surface area contributed by atoms with Crippen molar-refractivity contribution in [3.8, 4) is 0 Å². The van der Waals surface area contributed by atoms with Gasteiger partial charge in [0.25, 0.3) is 0 Å². The van der Waals surface area contributed by atoms with Gasteiger partial charge in [-0.15, -0.1) is 0 Å². The van der Waals surface area contributed by atoms with Crippen LogP contribution in [0.2, 0.25) is 0 Å². The molecule has 2 aromatic rings. The molecule has 0 radical (unpaired) electrons. The first-order valence-electron chi connectivity index (χ1n) is 4.78. The van der Waals surface area contributed by atoms with Gasteiger partial charge >= 0.3 is 6.18 Å². The van der Waals surface area contributed by atoms with Gasteiger partial charge in [-0.2, -0.15) is 13.2 Å². The fraction of sp³-hybridized carbons (Fsp3) is 0.0909. The average Bonchev–Trinajstić information content (AvgIpc) is 2.31. The summed E-state index contributed by atoms with van der Waals surface area (Å²) in [6, 6.07) is 6.21. The Kier molecular flexibility index (Phi) is 3.91. The summed E-state index contributed by atoms with van der Waals surface area (Å²) in [5.74, 6) is 0. The number of alkyl halides is 3. The zero-order valence-electron chi connectivity index (χ0n) is 8.78. The highest BCUT2D eigenvalue weighted by Gasteiger charge is 2.35. The highest BCUT2D eigenvalue weighted by atomic mass is 79.9. The first-order valence-corrected chi connectivity index (χ1v) is 6.39. The van der Waals surface area contributed by atoms with E-state index in [2.05, 4.69) is 25.9 Å². The van der Waals surface area contributed by atoms with Crippen LogP contribution in [0, 0.1) is 0 Å². The Morgan fingerprint density at radius 2 is 1.89 bits per heavy atom. The number of rotatable bonds is 2. The van der Waals surface area contributed by atoms with Crippen LogP contribution in [0.5, 0.6) is 0 Å². The molecule has 2 rings (SSSR count). The first kappa shape index (κ1) is 13.4. The molecule has 0 N–H and O–H groups in total. The maximum Gasteiger partial charge on any atom is 0.434 e. The molecule has 0 aliphatic carbocycles. The standard InChI is InChI=1S/C11H6BrF3N2S/c12-7-3-4-9(17-6-7)18-8-2-1-5-16-10(8)11(13,14)15/h1-6H. The molecule has 0 unspecified atom stereocenters. The Balaban J connectivity index is 2.32. The largest absolute Gasteiger partial charge is 0.434 e. The van der Waals surface area contributed by atoms with E-state index in [0.29, 0.717) is 5.03 Å². The third-order valence-corrected chi connectivity index (χ3v) is 3.42. The van der Waals surface area contributed by atoms with Crippen molar-refractivity contribution < 1.29 is 13.2 Å². The van der Waals surface area contributed by atoms with Crippen LogP contribution in [0.3, 0.4) is 0 Å². The summed E-state index contributed by atoms with van der Waals surface area (Å²) in [6.45, 7) is 0. The molecule has 0 saturated heterocycles. The minimum Gasteiger partial charge on any atom is -0.251 e. The van der Waals surface area contributed by atoms with Crippen LogP contribution in [0.4, 0.5) is 13.2 Å². The lowest BCUT2D eigenvalue weighted by Crippen LogP contribution is -2.09. The molecular weight excluding hydrogens is 329 g/mol. The lowest BCUT2D eigenvalue weighted by atomic mass is 10.3. The Morgan fingerprint density at radius 3 is 2.50 bits per heavy atom. The van der Waals surface area contributed by atoms with Crippen molar-refractivity contribution in [2.75, 3.05) is 0 Å². The van der Waals surface area contributed by atoms with Crippen molar-refractivity contribution in [1.82, 2.24) is 9.97 Å². The van der Waals surface area contributed by atoms with Crippen LogP contribution < -0.4 is 0 Å². The maximum atomic E-state index is 12.7. The minimum atomic E-state index is -4.46. The van der Waals surface area contributed by atoms with Crippen molar-refractivity contribution in [2.45, 2.75) is 16.1 Å². The molecule has 2 heterocycles. The van der Waals surface area contributed by atoms with Crippen LogP contribution in [-0.2, 0) is 6.18 Å². The zero-order valence-corrected chi connectivity index (χ0v) is 11.2. The average molecular weight is 335 g/mol. The van der Waals surface area contributed by atoms with Crippen LogP contribution in [-0.4, -0.2) is 9.97 Å². The molecule has 0 amide bonds. The Hall–Kier alpha value is -1.08. The fourth-order valence-electron chi connectivity index (χ4n) is 1.22. The molecule has 0 aliphatic heterocycles. The summed E-state index contributed by atoms with van der Waals surface area (Å²) in [7, 11) is 0. The minimum absolute atomic E-state index is 0.0415. The normalized spacial score (nSPS) is 11.6. The van der Waals surface area contributed by atoms with Gasteiger partial charge in [-0.1, -0.05) is 11.8 Å². The Labute approximate surface area is 114 Å². The molecule has 0 aromatic carbocycles. The molecule has 7 heteroatoms. The van der Waals surface area contributed by atoms with E-state index in [1.807, 2.05) is 0 Å². The summed E-state index contributed by atoms with van der Waals surface area (Å²) in [5.41, 5.74) is -0.889. The van der Waals surface area contributed by atoms with E-state index in [0.717, 1.165) is 22.4 Å². The van der Waals surface area contributed by atoms with E-state index in [9.17, 15) is 13.2 Å². The summed E-state index contributed by atoms with van der Waals surface area (Å²) in [4.78, 5) is 7.44. The smallest absolute Gasteiger partial charge is 0.251 e. The van der Waals surface area contributed by atoms with Crippen molar-refractivity contribution in [3.05, 3.63) is 46.8 Å². The van der Waals surface area contributed by atoms with E-state index in [4.69, 9.17) is 0 Å². The molecule has 0 bridgehead atoms. The number of aromatic nitrogens is 2. The van der Waals surface area contributed by atoms with E-state index < -0.39 is 11.9 Å². The summed E-state index contributed by atoms with van der Waals surface area (Å²) in [6.07, 6.45) is -1.80. The third-order valence-electron chi connectivity index (χ3n) is 1.95. The molecule has 0 fully saturated rings. The lowest BCUT2D eigenvalue weighted by molar-refractivity contribution is -0.143. The van der Waals surface area contributed by atoms with Crippen molar-refractivity contribution >= 4 is 27.7 Å². The second-order valence-electron chi connectivity index (χ2n) is 3.26. The van der Waals surface area contributed by atoms with Gasteiger partial charge in [0, 0.05) is 21.8 Å². The molecule has 94 valence electrons. The van der Waals surface area contributed by atoms with Gasteiger partial charge in [-0.25, -0.2) is 4.98 Å². The number of nitrogens with zero attached hydrogens (tertiary/aromatic N) is 2. The highest BCUT2D eigenvalue weighted by Crippen LogP contribution is 2.37. The van der Waals surface area contributed by atoms with Gasteiger partial charge in [-0.3, -0.25) is 4.98 Å². The summed E-state index contributed by atoms with van der Waals surface area (Å²) >= 11 is 4.15. The maximum absolute atomic E-state index is 12.7. The second kappa shape index (κ2) is 5.27. The predicted octanol–water partition coefficient (Wildman–Crippen LogP) is 4.41. The highest BCUT2D eigenvalue weighted by molar-refractivity contribution is 9.10. The molecule has 2 aromatic heterocycles. The van der Waals surface area contributed by atoms with E-state index in [-0.39, 0.29) is 4.90 Å². The van der Waals surface area contributed by atoms with E-state index in [1.54, 1.807) is 12.1 Å². The van der Waals surface area contributed by atoms with Gasteiger partial charge in [0.2, 0.25) is 0 Å². The quantitative estimate of drug-likeness (QED) is 0.813. The second-order valence-corrected chi connectivity index (χ2v) is 5.24. The summed E-state index contributed by atoms with van der Waals surface area (Å²) < 4.78 is 38.9. The molecule has 18 heavy (non-hydrogen) atoms. The molecule has 0 saturated carbocycles. The molecular formula is C11H6BrF3N2S. The van der Waals surface area contributed by atoms with E-state index in [1.165, 1.54) is 18.3 Å². The molecule has 2 nitrogen and oxygen atoms in total. The zero-order chi connectivity index (χ0) is 13.2. The first-order chi connectivity index (χ1) is 8.47. The van der Waals surface area contributed by atoms with Gasteiger partial charge in [0.1, 0.15) is 5.03 Å². The lowest BCUT2D eigenvalue weighted by Gasteiger charge is -2.10. The number of pyridine rings is 2. The SMILES string of the molecule is FC(F)(F)c1ncccc1Sc1ccc(Br)cn1. The fourth-order valence-corrected chi connectivity index (χ4v) is 2.33. The molecule has 0 aliphatic rings. The Bertz CT molecular complexity index is 543. The molecule has 0 atom stereocenters. The van der Waals surface area contributed by atoms with Crippen molar-refractivity contribution in [1.29, 1.82) is 0 Å². The monoisotopic (exact) mass is 334 g/mol. The Morgan fingerprint density at radius 1 is 1.11 bits per heavy atom. The predicted molar refractivity (Wildman–Crippen MR) is 65.3 cm³/mol.